The van der Waals surface area contributed by atoms with Crippen molar-refractivity contribution < 1.29 is 13.2 Å². The normalized spacial score (nSPS) is 18.1. The second kappa shape index (κ2) is 9.38. The number of thioether (sulfide) groups is 1. The third kappa shape index (κ3) is 5.34. The first kappa shape index (κ1) is 21.3. The van der Waals surface area contributed by atoms with Gasteiger partial charge in [0.15, 0.2) is 0 Å². The Morgan fingerprint density at radius 3 is 2.82 bits per heavy atom. The number of aromatic amines is 1. The maximum Gasteiger partial charge on any atom is 0.243 e. The zero-order valence-electron chi connectivity index (χ0n) is 15.4. The second-order valence-electron chi connectivity index (χ2n) is 6.50. The van der Waals surface area contributed by atoms with Crippen LogP contribution in [0.2, 0.25) is 0 Å². The van der Waals surface area contributed by atoms with Crippen molar-refractivity contribution in [3.05, 3.63) is 34.6 Å². The molecule has 0 bridgehead atoms. The number of piperidine rings is 1. The maximum atomic E-state index is 12.8. The summed E-state index contributed by atoms with van der Waals surface area (Å²) in [6.45, 7) is 2.95. The fraction of sp³-hybridized carbons (Fsp3) is 0.471. The van der Waals surface area contributed by atoms with Crippen molar-refractivity contribution in [2.75, 3.05) is 25.4 Å². The monoisotopic (exact) mass is 487 g/mol. The number of nitrogens with zero attached hydrogens (tertiary/aromatic N) is 3. The van der Waals surface area contributed by atoms with E-state index < -0.39 is 10.0 Å². The van der Waals surface area contributed by atoms with Crippen molar-refractivity contribution >= 4 is 43.6 Å². The van der Waals surface area contributed by atoms with Crippen molar-refractivity contribution in [1.29, 1.82) is 0 Å². The molecular formula is C17H22BrN5O3S2. The SMILES string of the molecule is Cc1nc(SCCNC(=O)[C@H]2CCCN(S(=O)(=O)c3ccc(Br)cc3)C2)n[nH]1. The highest BCUT2D eigenvalue weighted by Gasteiger charge is 2.33. The molecule has 8 nitrogen and oxygen atoms in total. The van der Waals surface area contributed by atoms with E-state index in [0.29, 0.717) is 36.8 Å². The van der Waals surface area contributed by atoms with Crippen LogP contribution in [0.3, 0.4) is 0 Å². The van der Waals surface area contributed by atoms with E-state index in [0.717, 1.165) is 10.3 Å². The average molecular weight is 488 g/mol. The highest BCUT2D eigenvalue weighted by atomic mass is 79.9. The molecule has 0 unspecified atom stereocenters. The van der Waals surface area contributed by atoms with Gasteiger partial charge in [-0.15, -0.1) is 5.10 Å². The molecule has 2 N–H and O–H groups in total. The second-order valence-corrected chi connectivity index (χ2v) is 10.4. The van der Waals surface area contributed by atoms with Gasteiger partial charge in [-0.3, -0.25) is 9.89 Å². The van der Waals surface area contributed by atoms with Gasteiger partial charge < -0.3 is 5.32 Å². The van der Waals surface area contributed by atoms with Gasteiger partial charge in [-0.05, 0) is 44.0 Å². The van der Waals surface area contributed by atoms with Gasteiger partial charge in [0.05, 0.1) is 10.8 Å². The van der Waals surface area contributed by atoms with Crippen LogP contribution in [-0.2, 0) is 14.8 Å². The summed E-state index contributed by atoms with van der Waals surface area (Å²) >= 11 is 4.76. The van der Waals surface area contributed by atoms with Crippen molar-refractivity contribution in [2.45, 2.75) is 29.8 Å². The lowest BCUT2D eigenvalue weighted by atomic mass is 9.99. The summed E-state index contributed by atoms with van der Waals surface area (Å²) in [6, 6.07) is 6.55. The minimum Gasteiger partial charge on any atom is -0.355 e. The van der Waals surface area contributed by atoms with E-state index >= 15 is 0 Å². The molecule has 2 aromatic rings. The third-order valence-electron chi connectivity index (χ3n) is 4.42. The van der Waals surface area contributed by atoms with E-state index in [4.69, 9.17) is 0 Å². The van der Waals surface area contributed by atoms with Crippen LogP contribution >= 0.6 is 27.7 Å². The lowest BCUT2D eigenvalue weighted by molar-refractivity contribution is -0.125. The molecule has 1 amide bonds. The zero-order valence-corrected chi connectivity index (χ0v) is 18.6. The van der Waals surface area contributed by atoms with E-state index in [1.54, 1.807) is 24.3 Å². The number of hydrogen-bond acceptors (Lipinski definition) is 6. The number of carbonyl (C=O) groups excluding carboxylic acids is 1. The number of hydrogen-bond donors (Lipinski definition) is 2. The van der Waals surface area contributed by atoms with Gasteiger partial charge in [0, 0.05) is 29.9 Å². The average Bonchev–Trinajstić information content (AvgIpc) is 3.10. The van der Waals surface area contributed by atoms with Crippen LogP contribution in [0.1, 0.15) is 18.7 Å². The van der Waals surface area contributed by atoms with Crippen molar-refractivity contribution in [3.63, 3.8) is 0 Å². The zero-order chi connectivity index (χ0) is 20.1. The van der Waals surface area contributed by atoms with E-state index in [1.165, 1.54) is 16.1 Å². The molecule has 0 saturated carbocycles. The molecule has 152 valence electrons. The Labute approximate surface area is 177 Å². The smallest absolute Gasteiger partial charge is 0.243 e. The predicted octanol–water partition coefficient (Wildman–Crippen LogP) is 2.18. The quantitative estimate of drug-likeness (QED) is 0.457. The van der Waals surface area contributed by atoms with Gasteiger partial charge in [-0.1, -0.05) is 27.7 Å². The molecular weight excluding hydrogens is 466 g/mol. The molecule has 1 aromatic heterocycles. The number of halogens is 1. The van der Waals surface area contributed by atoms with Crippen LogP contribution in [0.5, 0.6) is 0 Å². The van der Waals surface area contributed by atoms with Crippen LogP contribution in [0.15, 0.2) is 38.8 Å². The summed E-state index contributed by atoms with van der Waals surface area (Å²) in [6.07, 6.45) is 1.35. The van der Waals surface area contributed by atoms with E-state index in [-0.39, 0.29) is 23.3 Å². The molecule has 3 rings (SSSR count). The van der Waals surface area contributed by atoms with Gasteiger partial charge in [-0.2, -0.15) is 4.31 Å². The summed E-state index contributed by atoms with van der Waals surface area (Å²) in [4.78, 5) is 16.9. The van der Waals surface area contributed by atoms with Crippen LogP contribution in [0.4, 0.5) is 0 Å². The van der Waals surface area contributed by atoms with Gasteiger partial charge in [0.25, 0.3) is 0 Å². The molecule has 11 heteroatoms. The summed E-state index contributed by atoms with van der Waals surface area (Å²) in [7, 11) is -3.60. The molecule has 2 heterocycles. The fourth-order valence-electron chi connectivity index (χ4n) is 2.98. The molecule has 1 aliphatic rings. The number of carbonyl (C=O) groups is 1. The lowest BCUT2D eigenvalue weighted by Gasteiger charge is -2.31. The van der Waals surface area contributed by atoms with Gasteiger partial charge >= 0.3 is 0 Å². The van der Waals surface area contributed by atoms with E-state index in [9.17, 15) is 13.2 Å². The highest BCUT2D eigenvalue weighted by Crippen LogP contribution is 2.25. The number of benzene rings is 1. The first-order valence-electron chi connectivity index (χ1n) is 8.91. The molecule has 0 spiro atoms. The van der Waals surface area contributed by atoms with Gasteiger partial charge in [0.1, 0.15) is 5.82 Å². The summed E-state index contributed by atoms with van der Waals surface area (Å²) in [5.41, 5.74) is 0. The number of sulfonamides is 1. The van der Waals surface area contributed by atoms with Gasteiger partial charge in [-0.25, -0.2) is 13.4 Å². The Balaban J connectivity index is 1.52. The minimum absolute atomic E-state index is 0.109. The number of aryl methyl sites for hydroxylation is 1. The number of amides is 1. The van der Waals surface area contributed by atoms with Crippen LogP contribution in [-0.4, -0.2) is 59.2 Å². The van der Waals surface area contributed by atoms with Crippen molar-refractivity contribution in [1.82, 2.24) is 24.8 Å². The number of aromatic nitrogens is 3. The van der Waals surface area contributed by atoms with Crippen LogP contribution in [0.25, 0.3) is 0 Å². The first-order valence-corrected chi connectivity index (χ1v) is 12.1. The standard InChI is InChI=1S/C17H22BrN5O3S2/c1-12-20-17(22-21-12)27-10-8-19-16(24)13-3-2-9-23(11-13)28(25,26)15-6-4-14(18)5-7-15/h4-7,13H,2-3,8-11H2,1H3,(H,19,24)(H,20,21,22)/t13-/m0/s1. The van der Waals surface area contributed by atoms with Gasteiger partial charge in [0.2, 0.25) is 21.1 Å². The molecule has 1 atom stereocenters. The number of nitrogens with one attached hydrogen (secondary N) is 2. The Kier molecular flexibility index (Phi) is 7.13. The maximum absolute atomic E-state index is 12.8. The summed E-state index contributed by atoms with van der Waals surface area (Å²) < 4.78 is 27.9. The van der Waals surface area contributed by atoms with E-state index in [2.05, 4.69) is 36.4 Å². The number of H-pyrrole nitrogens is 1. The minimum atomic E-state index is -3.60. The predicted molar refractivity (Wildman–Crippen MR) is 110 cm³/mol. The molecule has 1 fully saturated rings. The molecule has 1 aliphatic heterocycles. The third-order valence-corrected chi connectivity index (χ3v) is 7.67. The van der Waals surface area contributed by atoms with Crippen molar-refractivity contribution in [3.8, 4) is 0 Å². The Bertz CT molecular complexity index is 917. The number of rotatable bonds is 7. The molecule has 1 saturated heterocycles. The fourth-order valence-corrected chi connectivity index (χ4v) is 5.46. The summed E-state index contributed by atoms with van der Waals surface area (Å²) in [5.74, 6) is 0.953. The van der Waals surface area contributed by atoms with Crippen molar-refractivity contribution in [2.24, 2.45) is 5.92 Å². The summed E-state index contributed by atoms with van der Waals surface area (Å²) in [5, 5.41) is 10.3. The molecule has 1 aromatic carbocycles. The largest absolute Gasteiger partial charge is 0.355 e. The molecule has 28 heavy (non-hydrogen) atoms. The lowest BCUT2D eigenvalue weighted by Crippen LogP contribution is -2.45. The highest BCUT2D eigenvalue weighted by molar-refractivity contribution is 9.10. The first-order chi connectivity index (χ1) is 13.4. The Morgan fingerprint density at radius 1 is 1.39 bits per heavy atom. The van der Waals surface area contributed by atoms with Crippen LogP contribution < -0.4 is 5.32 Å². The molecule has 0 radical (unpaired) electrons. The topological polar surface area (TPSA) is 108 Å². The molecule has 0 aliphatic carbocycles. The Hall–Kier alpha value is -1.43. The van der Waals surface area contributed by atoms with E-state index in [1.807, 2.05) is 6.92 Å². The van der Waals surface area contributed by atoms with Crippen LogP contribution in [0, 0.1) is 12.8 Å². The Morgan fingerprint density at radius 2 is 2.14 bits per heavy atom.